The fourth-order valence-electron chi connectivity index (χ4n) is 3.81. The van der Waals surface area contributed by atoms with Crippen LogP contribution in [0.1, 0.15) is 52.1 Å². The van der Waals surface area contributed by atoms with E-state index in [1.807, 2.05) is 0 Å². The smallest absolute Gasteiger partial charge is 0.268 e. The molecule has 1 heterocycles. The summed E-state index contributed by atoms with van der Waals surface area (Å²) >= 11 is 0. The Morgan fingerprint density at radius 2 is 1.96 bits per heavy atom. The topological polar surface area (TPSA) is 43.3 Å². The minimum absolute atomic E-state index is 0.0323. The Kier molecular flexibility index (Phi) is 6.09. The van der Waals surface area contributed by atoms with E-state index in [1.165, 1.54) is 29.8 Å². The maximum Gasteiger partial charge on any atom is 0.268 e. The zero-order chi connectivity index (χ0) is 18.5. The van der Waals surface area contributed by atoms with Gasteiger partial charge in [-0.05, 0) is 67.9 Å². The van der Waals surface area contributed by atoms with Crippen molar-refractivity contribution < 1.29 is 13.9 Å². The number of nitrogens with one attached hydrogen (secondary N) is 1. The lowest BCUT2D eigenvalue weighted by molar-refractivity contribution is 0.0939. The molecule has 0 atom stereocenters. The first-order valence-corrected chi connectivity index (χ1v) is 9.34. The summed E-state index contributed by atoms with van der Waals surface area (Å²) in [6, 6.07) is 6.53. The van der Waals surface area contributed by atoms with Gasteiger partial charge in [0.1, 0.15) is 11.5 Å². The molecule has 1 aromatic heterocycles. The van der Waals surface area contributed by atoms with Crippen molar-refractivity contribution in [2.24, 2.45) is 0 Å². The fraction of sp³-hybridized carbons (Fsp3) is 0.476. The Hall–Kier alpha value is -2.14. The van der Waals surface area contributed by atoms with Crippen molar-refractivity contribution in [1.29, 1.82) is 0 Å². The van der Waals surface area contributed by atoms with Crippen LogP contribution in [0.3, 0.4) is 0 Å². The predicted molar refractivity (Wildman–Crippen MR) is 100 cm³/mol. The lowest BCUT2D eigenvalue weighted by Crippen LogP contribution is -2.28. The van der Waals surface area contributed by atoms with Gasteiger partial charge in [-0.1, -0.05) is 12.1 Å². The van der Waals surface area contributed by atoms with E-state index < -0.39 is 0 Å². The molecule has 0 unspecified atom stereocenters. The summed E-state index contributed by atoms with van der Waals surface area (Å²) in [5, 5.41) is 3.02. The van der Waals surface area contributed by atoms with Crippen LogP contribution in [0.4, 0.5) is 4.39 Å². The molecule has 5 heteroatoms. The van der Waals surface area contributed by atoms with Crippen LogP contribution in [-0.4, -0.2) is 30.7 Å². The summed E-state index contributed by atoms with van der Waals surface area (Å²) in [5.41, 5.74) is 5.42. The van der Waals surface area contributed by atoms with Crippen molar-refractivity contribution in [2.75, 3.05) is 20.3 Å². The minimum atomic E-state index is -0.240. The monoisotopic (exact) mass is 358 g/mol. The molecule has 4 nitrogen and oxygen atoms in total. The quantitative estimate of drug-likeness (QED) is 0.768. The Morgan fingerprint density at radius 3 is 2.69 bits per heavy atom. The van der Waals surface area contributed by atoms with E-state index in [1.54, 1.807) is 19.2 Å². The number of nitrogens with zero attached hydrogens (tertiary/aromatic N) is 1. The zero-order valence-electron chi connectivity index (χ0n) is 15.6. The molecule has 0 aliphatic heterocycles. The highest BCUT2D eigenvalue weighted by Gasteiger charge is 2.26. The molecule has 0 fully saturated rings. The second-order valence-electron chi connectivity index (χ2n) is 6.92. The van der Waals surface area contributed by atoms with Crippen LogP contribution in [0.5, 0.6) is 0 Å². The highest BCUT2D eigenvalue weighted by Crippen LogP contribution is 2.30. The average molecular weight is 358 g/mol. The molecule has 2 aromatic rings. The van der Waals surface area contributed by atoms with Crippen molar-refractivity contribution in [3.05, 3.63) is 58.2 Å². The number of aromatic nitrogens is 1. The summed E-state index contributed by atoms with van der Waals surface area (Å²) in [4.78, 5) is 12.9. The van der Waals surface area contributed by atoms with Gasteiger partial charge in [-0.25, -0.2) is 4.39 Å². The predicted octanol–water partition coefficient (Wildman–Crippen LogP) is 3.63. The fourth-order valence-corrected chi connectivity index (χ4v) is 3.81. The van der Waals surface area contributed by atoms with Gasteiger partial charge >= 0.3 is 0 Å². The van der Waals surface area contributed by atoms with Crippen molar-refractivity contribution in [2.45, 2.75) is 45.6 Å². The highest BCUT2D eigenvalue weighted by molar-refractivity contribution is 5.95. The number of carbonyl (C=O) groups excluding carboxylic acids is 1. The summed E-state index contributed by atoms with van der Waals surface area (Å²) < 4.78 is 20.4. The number of methoxy groups -OCH3 is 1. The standard InChI is InChI=1S/C21H27FN2O2/c1-15-18-6-3-4-7-19(18)24(14-16-8-10-17(22)11-9-16)20(15)21(25)23-12-5-13-26-2/h8-11H,3-7,12-14H2,1-2H3,(H,23,25). The number of amides is 1. The van der Waals surface area contributed by atoms with Gasteiger partial charge in [0.05, 0.1) is 0 Å². The molecule has 1 aromatic carbocycles. The van der Waals surface area contributed by atoms with Crippen molar-refractivity contribution in [1.82, 2.24) is 9.88 Å². The van der Waals surface area contributed by atoms with Crippen molar-refractivity contribution in [3.63, 3.8) is 0 Å². The number of carbonyl (C=O) groups is 1. The number of hydrogen-bond acceptors (Lipinski definition) is 2. The molecule has 1 N–H and O–H groups in total. The third-order valence-corrected chi connectivity index (χ3v) is 5.12. The van der Waals surface area contributed by atoms with Crippen LogP contribution in [-0.2, 0) is 24.1 Å². The Balaban J connectivity index is 1.90. The molecule has 3 rings (SSSR count). The summed E-state index contributed by atoms with van der Waals surface area (Å²) in [7, 11) is 1.66. The SMILES string of the molecule is COCCCNC(=O)c1c(C)c2c(n1Cc1ccc(F)cc1)CCCC2. The first-order valence-electron chi connectivity index (χ1n) is 9.34. The summed E-state index contributed by atoms with van der Waals surface area (Å²) in [5.74, 6) is -0.273. The van der Waals surface area contributed by atoms with E-state index in [-0.39, 0.29) is 11.7 Å². The molecule has 0 saturated carbocycles. The number of benzene rings is 1. The zero-order valence-corrected chi connectivity index (χ0v) is 15.6. The molecular weight excluding hydrogens is 331 g/mol. The molecule has 0 bridgehead atoms. The molecular formula is C21H27FN2O2. The summed E-state index contributed by atoms with van der Waals surface area (Å²) in [6.07, 6.45) is 5.13. The van der Waals surface area contributed by atoms with Gasteiger partial charge in [-0.3, -0.25) is 4.79 Å². The van der Waals surface area contributed by atoms with E-state index in [9.17, 15) is 9.18 Å². The summed E-state index contributed by atoms with van der Waals surface area (Å²) in [6.45, 7) is 3.87. The van der Waals surface area contributed by atoms with Crippen LogP contribution in [0, 0.1) is 12.7 Å². The molecule has 0 radical (unpaired) electrons. The van der Waals surface area contributed by atoms with Gasteiger partial charge in [0.15, 0.2) is 0 Å². The van der Waals surface area contributed by atoms with Crippen LogP contribution in [0.25, 0.3) is 0 Å². The van der Waals surface area contributed by atoms with Gasteiger partial charge in [0, 0.05) is 32.5 Å². The molecule has 140 valence electrons. The largest absolute Gasteiger partial charge is 0.385 e. The average Bonchev–Trinajstić information content (AvgIpc) is 2.93. The van der Waals surface area contributed by atoms with Gasteiger partial charge < -0.3 is 14.6 Å². The van der Waals surface area contributed by atoms with Crippen LogP contribution < -0.4 is 5.32 Å². The molecule has 1 aliphatic carbocycles. The first kappa shape index (κ1) is 18.6. The van der Waals surface area contributed by atoms with E-state index in [2.05, 4.69) is 16.8 Å². The van der Waals surface area contributed by atoms with Crippen LogP contribution >= 0.6 is 0 Å². The van der Waals surface area contributed by atoms with Crippen LogP contribution in [0.15, 0.2) is 24.3 Å². The molecule has 0 spiro atoms. The lowest BCUT2D eigenvalue weighted by Gasteiger charge is -2.17. The number of fused-ring (bicyclic) bond motifs is 1. The van der Waals surface area contributed by atoms with Gasteiger partial charge in [-0.15, -0.1) is 0 Å². The molecule has 1 aliphatic rings. The molecule has 1 amide bonds. The van der Waals surface area contributed by atoms with Gasteiger partial charge in [0.2, 0.25) is 0 Å². The van der Waals surface area contributed by atoms with Crippen molar-refractivity contribution >= 4 is 5.91 Å². The third kappa shape index (κ3) is 3.98. The maximum absolute atomic E-state index is 13.2. The number of hydrogen-bond donors (Lipinski definition) is 1. The number of ether oxygens (including phenoxy) is 1. The Morgan fingerprint density at radius 1 is 1.23 bits per heavy atom. The van der Waals surface area contributed by atoms with E-state index >= 15 is 0 Å². The molecule has 0 saturated heterocycles. The third-order valence-electron chi connectivity index (χ3n) is 5.12. The number of rotatable bonds is 7. The van der Waals surface area contributed by atoms with E-state index in [0.29, 0.717) is 19.7 Å². The second kappa shape index (κ2) is 8.49. The highest BCUT2D eigenvalue weighted by atomic mass is 19.1. The Bertz CT molecular complexity index is 765. The second-order valence-corrected chi connectivity index (χ2v) is 6.92. The van der Waals surface area contributed by atoms with Gasteiger partial charge in [-0.2, -0.15) is 0 Å². The maximum atomic E-state index is 13.2. The van der Waals surface area contributed by atoms with E-state index in [4.69, 9.17) is 4.74 Å². The van der Waals surface area contributed by atoms with Gasteiger partial charge in [0.25, 0.3) is 5.91 Å². The minimum Gasteiger partial charge on any atom is -0.385 e. The normalized spacial score (nSPS) is 13.5. The van der Waals surface area contributed by atoms with Crippen molar-refractivity contribution in [3.8, 4) is 0 Å². The first-order chi connectivity index (χ1) is 12.6. The molecule has 26 heavy (non-hydrogen) atoms. The lowest BCUT2D eigenvalue weighted by atomic mass is 9.95. The Labute approximate surface area is 154 Å². The number of halogens is 1. The van der Waals surface area contributed by atoms with Crippen LogP contribution in [0.2, 0.25) is 0 Å². The van der Waals surface area contributed by atoms with E-state index in [0.717, 1.165) is 42.5 Å².